The van der Waals surface area contributed by atoms with Crippen molar-refractivity contribution >= 4 is 30.7 Å². The first-order chi connectivity index (χ1) is 10.0. The first kappa shape index (κ1) is 25.2. The first-order valence-electron chi connectivity index (χ1n) is 8.38. The van der Waals surface area contributed by atoms with Gasteiger partial charge in [-0.1, -0.05) is 6.92 Å². The molecule has 1 heterocycles. The fourth-order valence-electron chi connectivity index (χ4n) is 2.82. The Hall–Kier alpha value is -0.0700. The third kappa shape index (κ3) is 11.2. The van der Waals surface area contributed by atoms with Gasteiger partial charge in [-0.3, -0.25) is 4.79 Å². The van der Waals surface area contributed by atoms with Crippen molar-refractivity contribution in [1.82, 2.24) is 10.2 Å². The summed E-state index contributed by atoms with van der Waals surface area (Å²) in [4.78, 5) is 14.4. The van der Waals surface area contributed by atoms with Gasteiger partial charge in [0.15, 0.2) is 0 Å². The van der Waals surface area contributed by atoms with Crippen LogP contribution >= 0.6 is 24.8 Å². The van der Waals surface area contributed by atoms with Crippen LogP contribution in [0.3, 0.4) is 0 Å². The van der Waals surface area contributed by atoms with Crippen LogP contribution in [-0.2, 0) is 9.53 Å². The lowest BCUT2D eigenvalue weighted by Gasteiger charge is -2.37. The predicted molar refractivity (Wildman–Crippen MR) is 101 cm³/mol. The Morgan fingerprint density at radius 2 is 2.13 bits per heavy atom. The molecule has 23 heavy (non-hydrogen) atoms. The summed E-state index contributed by atoms with van der Waals surface area (Å²) in [6.07, 6.45) is 3.43. The van der Waals surface area contributed by atoms with Gasteiger partial charge in [-0.15, -0.1) is 24.8 Å². The highest BCUT2D eigenvalue weighted by Gasteiger charge is 2.26. The largest absolute Gasteiger partial charge is 0.382 e. The summed E-state index contributed by atoms with van der Waals surface area (Å²) in [5.41, 5.74) is 5.69. The Labute approximate surface area is 153 Å². The normalized spacial score (nSPS) is 22.6. The van der Waals surface area contributed by atoms with E-state index in [1.165, 1.54) is 0 Å². The number of hydrogen-bond acceptors (Lipinski definition) is 4. The van der Waals surface area contributed by atoms with Crippen molar-refractivity contribution in [2.24, 2.45) is 11.7 Å². The topological polar surface area (TPSA) is 67.6 Å². The average molecular weight is 372 g/mol. The zero-order valence-corrected chi connectivity index (χ0v) is 16.4. The number of piperidine rings is 1. The molecule has 0 aromatic rings. The molecule has 0 bridgehead atoms. The highest BCUT2D eigenvalue weighted by atomic mass is 35.5. The van der Waals surface area contributed by atoms with Gasteiger partial charge in [-0.2, -0.15) is 0 Å². The van der Waals surface area contributed by atoms with Gasteiger partial charge in [0.25, 0.3) is 0 Å². The second kappa shape index (κ2) is 14.3. The molecule has 1 aliphatic heterocycles. The summed E-state index contributed by atoms with van der Waals surface area (Å²) < 4.78 is 5.38. The molecule has 1 amide bonds. The minimum atomic E-state index is 0. The van der Waals surface area contributed by atoms with Gasteiger partial charge in [0.1, 0.15) is 0 Å². The van der Waals surface area contributed by atoms with Crippen LogP contribution in [-0.4, -0.2) is 55.7 Å². The van der Waals surface area contributed by atoms with Crippen molar-refractivity contribution in [3.63, 3.8) is 0 Å². The number of amides is 1. The maximum Gasteiger partial charge on any atom is 0.220 e. The fraction of sp³-hybridized carbons (Fsp3) is 0.938. The lowest BCUT2D eigenvalue weighted by atomic mass is 9.93. The molecular formula is C16H35Cl2N3O2. The monoisotopic (exact) mass is 371 g/mol. The number of ether oxygens (including phenoxy) is 1. The molecule has 3 N–H and O–H groups in total. The summed E-state index contributed by atoms with van der Waals surface area (Å²) in [5.74, 6) is 0.652. The first-order valence-corrected chi connectivity index (χ1v) is 8.38. The molecule has 7 heteroatoms. The Morgan fingerprint density at radius 1 is 1.43 bits per heavy atom. The molecule has 0 aliphatic carbocycles. The maximum atomic E-state index is 11.9. The summed E-state index contributed by atoms with van der Waals surface area (Å²) in [6, 6.07) is 0.411. The molecule has 0 spiro atoms. The second-order valence-corrected chi connectivity index (χ2v) is 6.31. The van der Waals surface area contributed by atoms with Gasteiger partial charge in [-0.05, 0) is 39.0 Å². The third-order valence-corrected chi connectivity index (χ3v) is 4.13. The van der Waals surface area contributed by atoms with Crippen LogP contribution in [0.1, 0.15) is 46.5 Å². The average Bonchev–Trinajstić information content (AvgIpc) is 2.44. The van der Waals surface area contributed by atoms with Crippen molar-refractivity contribution < 1.29 is 9.53 Å². The number of carbonyl (C=O) groups excluding carboxylic acids is 1. The molecule has 0 aromatic carbocycles. The maximum absolute atomic E-state index is 11.9. The second-order valence-electron chi connectivity index (χ2n) is 6.31. The molecule has 3 atom stereocenters. The number of carbonyl (C=O) groups is 1. The Kier molecular flexibility index (Phi) is 15.6. The van der Waals surface area contributed by atoms with E-state index >= 15 is 0 Å². The molecule has 140 valence electrons. The van der Waals surface area contributed by atoms with E-state index in [1.54, 1.807) is 0 Å². The molecule has 1 fully saturated rings. The number of nitrogens with one attached hydrogen (secondary N) is 1. The molecule has 1 aliphatic rings. The lowest BCUT2D eigenvalue weighted by molar-refractivity contribution is -0.122. The van der Waals surface area contributed by atoms with Gasteiger partial charge in [0, 0.05) is 51.4 Å². The standard InChI is InChI=1S/C16H33N3O2.2ClH/c1-4-21-11-5-9-19-10-8-15(13(2)12-19)18-16(20)7-6-14(3)17;;/h13-15H,4-12,17H2,1-3H3,(H,18,20);2*1H. The molecule has 0 saturated carbocycles. The van der Waals surface area contributed by atoms with E-state index in [0.29, 0.717) is 18.4 Å². The van der Waals surface area contributed by atoms with Crippen molar-refractivity contribution in [3.05, 3.63) is 0 Å². The fourth-order valence-corrected chi connectivity index (χ4v) is 2.82. The molecule has 0 radical (unpaired) electrons. The van der Waals surface area contributed by atoms with E-state index in [1.807, 2.05) is 13.8 Å². The van der Waals surface area contributed by atoms with Gasteiger partial charge in [0.05, 0.1) is 0 Å². The van der Waals surface area contributed by atoms with Gasteiger partial charge in [0.2, 0.25) is 5.91 Å². The molecule has 5 nitrogen and oxygen atoms in total. The highest BCUT2D eigenvalue weighted by molar-refractivity contribution is 5.85. The van der Waals surface area contributed by atoms with Gasteiger partial charge in [-0.25, -0.2) is 0 Å². The smallest absolute Gasteiger partial charge is 0.220 e. The Balaban J connectivity index is 0. The minimum Gasteiger partial charge on any atom is -0.382 e. The third-order valence-electron chi connectivity index (χ3n) is 4.13. The summed E-state index contributed by atoms with van der Waals surface area (Å²) in [6.45, 7) is 11.1. The number of likely N-dealkylation sites (tertiary alicyclic amines) is 1. The van der Waals surface area contributed by atoms with E-state index < -0.39 is 0 Å². The van der Waals surface area contributed by atoms with Crippen LogP contribution in [0, 0.1) is 5.92 Å². The number of hydrogen-bond donors (Lipinski definition) is 2. The highest BCUT2D eigenvalue weighted by Crippen LogP contribution is 2.17. The van der Waals surface area contributed by atoms with E-state index in [-0.39, 0.29) is 36.8 Å². The van der Waals surface area contributed by atoms with Crippen LogP contribution in [0.5, 0.6) is 0 Å². The Morgan fingerprint density at radius 3 is 2.70 bits per heavy atom. The van der Waals surface area contributed by atoms with E-state index in [0.717, 1.165) is 52.1 Å². The quantitative estimate of drug-likeness (QED) is 0.609. The number of nitrogens with zero attached hydrogens (tertiary/aromatic N) is 1. The zero-order chi connectivity index (χ0) is 15.7. The number of rotatable bonds is 9. The minimum absolute atomic E-state index is 0. The van der Waals surface area contributed by atoms with Crippen molar-refractivity contribution in [1.29, 1.82) is 0 Å². The molecular weight excluding hydrogens is 337 g/mol. The van der Waals surface area contributed by atoms with Crippen molar-refractivity contribution in [2.45, 2.75) is 58.5 Å². The zero-order valence-electron chi connectivity index (χ0n) is 14.8. The Bertz CT molecular complexity index is 307. The molecule has 3 unspecified atom stereocenters. The van der Waals surface area contributed by atoms with Crippen LogP contribution < -0.4 is 11.1 Å². The number of nitrogens with two attached hydrogens (primary N) is 1. The van der Waals surface area contributed by atoms with E-state index in [4.69, 9.17) is 10.5 Å². The van der Waals surface area contributed by atoms with Crippen molar-refractivity contribution in [2.75, 3.05) is 32.8 Å². The molecule has 0 aromatic heterocycles. The van der Waals surface area contributed by atoms with Crippen LogP contribution in [0.15, 0.2) is 0 Å². The van der Waals surface area contributed by atoms with Crippen LogP contribution in [0.2, 0.25) is 0 Å². The van der Waals surface area contributed by atoms with Crippen LogP contribution in [0.25, 0.3) is 0 Å². The van der Waals surface area contributed by atoms with Crippen LogP contribution in [0.4, 0.5) is 0 Å². The van der Waals surface area contributed by atoms with E-state index in [9.17, 15) is 4.79 Å². The summed E-state index contributed by atoms with van der Waals surface area (Å²) in [5, 5.41) is 3.18. The predicted octanol–water partition coefficient (Wildman–Crippen LogP) is 2.21. The van der Waals surface area contributed by atoms with Gasteiger partial charge >= 0.3 is 0 Å². The van der Waals surface area contributed by atoms with Gasteiger partial charge < -0.3 is 20.7 Å². The SMILES string of the molecule is CCOCCCN1CCC(NC(=O)CCC(C)N)C(C)C1.Cl.Cl. The molecule has 1 saturated heterocycles. The van der Waals surface area contributed by atoms with Crippen molar-refractivity contribution in [3.8, 4) is 0 Å². The number of halogens is 2. The molecule has 1 rings (SSSR count). The lowest BCUT2D eigenvalue weighted by Crippen LogP contribution is -2.50. The summed E-state index contributed by atoms with van der Waals surface area (Å²) >= 11 is 0. The summed E-state index contributed by atoms with van der Waals surface area (Å²) in [7, 11) is 0. The van der Waals surface area contributed by atoms with E-state index in [2.05, 4.69) is 17.1 Å².